The van der Waals surface area contributed by atoms with E-state index in [4.69, 9.17) is 9.47 Å². The van der Waals surface area contributed by atoms with Crippen LogP contribution >= 0.6 is 15.9 Å². The van der Waals surface area contributed by atoms with Crippen LogP contribution in [-0.2, 0) is 9.47 Å². The lowest BCUT2D eigenvalue weighted by Crippen LogP contribution is -2.06. The number of methoxy groups -OCH3 is 2. The Morgan fingerprint density at radius 2 is 2.08 bits per heavy atom. The fraction of sp³-hybridized carbons (Fsp3) is 0.429. The Morgan fingerprint density at radius 1 is 1.42 bits per heavy atom. The first-order valence-electron chi connectivity index (χ1n) is 3.30. The van der Waals surface area contributed by atoms with Gasteiger partial charge in [0.1, 0.15) is 12.0 Å². The van der Waals surface area contributed by atoms with Gasteiger partial charge in [0, 0.05) is 20.4 Å². The maximum atomic E-state index is 5.02. The van der Waals surface area contributed by atoms with E-state index in [1.807, 2.05) is 0 Å². The Labute approximate surface area is 79.1 Å². The van der Waals surface area contributed by atoms with E-state index < -0.39 is 6.29 Å². The molecular weight excluding hydrogens is 224 g/mol. The van der Waals surface area contributed by atoms with Crippen molar-refractivity contribution in [2.75, 3.05) is 14.2 Å². The van der Waals surface area contributed by atoms with Gasteiger partial charge in [0.15, 0.2) is 0 Å². The molecule has 4 nitrogen and oxygen atoms in total. The van der Waals surface area contributed by atoms with E-state index in [-0.39, 0.29) is 0 Å². The second-order valence-corrected chi connectivity index (χ2v) is 2.91. The van der Waals surface area contributed by atoms with Gasteiger partial charge in [0.25, 0.3) is 0 Å². The van der Waals surface area contributed by atoms with Crippen LogP contribution in [0.5, 0.6) is 0 Å². The molecule has 1 aromatic rings. The zero-order valence-corrected chi connectivity index (χ0v) is 8.41. The third-order valence-electron chi connectivity index (χ3n) is 1.35. The van der Waals surface area contributed by atoms with Gasteiger partial charge in [0.05, 0.1) is 4.47 Å². The lowest BCUT2D eigenvalue weighted by atomic mass is 10.4. The molecule has 0 fully saturated rings. The summed E-state index contributed by atoms with van der Waals surface area (Å²) in [6.07, 6.45) is 2.65. The minimum absolute atomic E-state index is 0.442. The summed E-state index contributed by atoms with van der Waals surface area (Å²) in [6.45, 7) is 0. The summed E-state index contributed by atoms with van der Waals surface area (Å²) in [7, 11) is 3.12. The van der Waals surface area contributed by atoms with Crippen LogP contribution in [0.15, 0.2) is 17.0 Å². The standard InChI is InChI=1S/C7H9BrN2O2/c1-11-7(12-2)6-5(8)3-9-4-10-6/h3-4,7H,1-2H3. The first kappa shape index (κ1) is 9.57. The van der Waals surface area contributed by atoms with Gasteiger partial charge >= 0.3 is 0 Å². The summed E-state index contributed by atoms with van der Waals surface area (Å²) in [6, 6.07) is 0. The molecule has 0 aliphatic rings. The summed E-state index contributed by atoms with van der Waals surface area (Å²) < 4.78 is 10.8. The topological polar surface area (TPSA) is 44.2 Å². The lowest BCUT2D eigenvalue weighted by Gasteiger charge is -2.12. The minimum atomic E-state index is -0.442. The van der Waals surface area contributed by atoms with Gasteiger partial charge in [0.2, 0.25) is 6.29 Å². The van der Waals surface area contributed by atoms with Crippen molar-refractivity contribution in [1.82, 2.24) is 9.97 Å². The molecule has 0 N–H and O–H groups in total. The molecule has 0 aliphatic heterocycles. The lowest BCUT2D eigenvalue weighted by molar-refractivity contribution is -0.109. The molecule has 12 heavy (non-hydrogen) atoms. The second-order valence-electron chi connectivity index (χ2n) is 2.06. The third-order valence-corrected chi connectivity index (χ3v) is 1.96. The highest BCUT2D eigenvalue weighted by Gasteiger charge is 2.13. The Morgan fingerprint density at radius 3 is 2.58 bits per heavy atom. The van der Waals surface area contributed by atoms with E-state index in [2.05, 4.69) is 25.9 Å². The molecule has 0 amide bonds. The molecule has 0 unspecified atom stereocenters. The largest absolute Gasteiger partial charge is 0.350 e. The summed E-state index contributed by atoms with van der Waals surface area (Å²) in [5.74, 6) is 0. The SMILES string of the molecule is COC(OC)c1ncncc1Br. The van der Waals surface area contributed by atoms with Crippen molar-refractivity contribution in [3.8, 4) is 0 Å². The summed E-state index contributed by atoms with van der Waals surface area (Å²) >= 11 is 3.29. The fourth-order valence-electron chi connectivity index (χ4n) is 0.815. The van der Waals surface area contributed by atoms with Crippen LogP contribution < -0.4 is 0 Å². The van der Waals surface area contributed by atoms with Crippen molar-refractivity contribution in [2.24, 2.45) is 0 Å². The number of nitrogens with zero attached hydrogens (tertiary/aromatic N) is 2. The zero-order chi connectivity index (χ0) is 8.97. The van der Waals surface area contributed by atoms with Crippen LogP contribution in [0.4, 0.5) is 0 Å². The predicted octanol–water partition coefficient (Wildman–Crippen LogP) is 1.53. The number of hydrogen-bond acceptors (Lipinski definition) is 4. The number of halogens is 1. The van der Waals surface area contributed by atoms with Crippen LogP contribution in [0.2, 0.25) is 0 Å². The Balaban J connectivity index is 2.92. The monoisotopic (exact) mass is 232 g/mol. The predicted molar refractivity (Wildman–Crippen MR) is 46.5 cm³/mol. The average molecular weight is 233 g/mol. The fourth-order valence-corrected chi connectivity index (χ4v) is 1.22. The molecule has 66 valence electrons. The van der Waals surface area contributed by atoms with Gasteiger partial charge in [-0.15, -0.1) is 0 Å². The number of ether oxygens (including phenoxy) is 2. The highest BCUT2D eigenvalue weighted by molar-refractivity contribution is 9.10. The molecule has 0 saturated carbocycles. The maximum absolute atomic E-state index is 5.02. The summed E-state index contributed by atoms with van der Waals surface area (Å²) in [5.41, 5.74) is 0.690. The first-order valence-corrected chi connectivity index (χ1v) is 4.10. The smallest absolute Gasteiger partial charge is 0.201 e. The van der Waals surface area contributed by atoms with Crippen molar-refractivity contribution in [3.05, 3.63) is 22.7 Å². The molecule has 5 heteroatoms. The van der Waals surface area contributed by atoms with Gasteiger partial charge in [-0.1, -0.05) is 0 Å². The molecule has 0 saturated heterocycles. The Kier molecular flexibility index (Phi) is 3.58. The molecule has 0 aromatic carbocycles. The van der Waals surface area contributed by atoms with Gasteiger partial charge in [-0.25, -0.2) is 9.97 Å². The minimum Gasteiger partial charge on any atom is -0.350 e. The van der Waals surface area contributed by atoms with E-state index in [0.717, 1.165) is 4.47 Å². The summed E-state index contributed by atoms with van der Waals surface area (Å²) in [4.78, 5) is 7.84. The van der Waals surface area contributed by atoms with Crippen LogP contribution in [0, 0.1) is 0 Å². The normalized spacial score (nSPS) is 10.7. The molecule has 0 spiro atoms. The van der Waals surface area contributed by atoms with E-state index >= 15 is 0 Å². The van der Waals surface area contributed by atoms with Gasteiger partial charge in [-0.05, 0) is 15.9 Å². The molecule has 0 atom stereocenters. The molecule has 0 radical (unpaired) electrons. The Bertz CT molecular complexity index is 253. The van der Waals surface area contributed by atoms with E-state index in [1.165, 1.54) is 6.33 Å². The average Bonchev–Trinajstić information content (AvgIpc) is 2.10. The second kappa shape index (κ2) is 4.49. The molecule has 0 bridgehead atoms. The third kappa shape index (κ3) is 2.00. The number of aromatic nitrogens is 2. The van der Waals surface area contributed by atoms with Crippen molar-refractivity contribution in [2.45, 2.75) is 6.29 Å². The highest BCUT2D eigenvalue weighted by atomic mass is 79.9. The van der Waals surface area contributed by atoms with E-state index in [9.17, 15) is 0 Å². The van der Waals surface area contributed by atoms with Gasteiger partial charge < -0.3 is 9.47 Å². The molecule has 1 heterocycles. The first-order chi connectivity index (χ1) is 5.79. The van der Waals surface area contributed by atoms with E-state index in [0.29, 0.717) is 5.69 Å². The molecular formula is C7H9BrN2O2. The maximum Gasteiger partial charge on any atom is 0.201 e. The Hall–Kier alpha value is -0.520. The van der Waals surface area contributed by atoms with E-state index in [1.54, 1.807) is 20.4 Å². The van der Waals surface area contributed by atoms with Crippen molar-refractivity contribution < 1.29 is 9.47 Å². The van der Waals surface area contributed by atoms with Crippen LogP contribution in [0.25, 0.3) is 0 Å². The van der Waals surface area contributed by atoms with Crippen LogP contribution in [-0.4, -0.2) is 24.2 Å². The van der Waals surface area contributed by atoms with Crippen molar-refractivity contribution >= 4 is 15.9 Å². The van der Waals surface area contributed by atoms with Gasteiger partial charge in [-0.3, -0.25) is 0 Å². The zero-order valence-electron chi connectivity index (χ0n) is 6.82. The van der Waals surface area contributed by atoms with Crippen LogP contribution in [0.1, 0.15) is 12.0 Å². The highest BCUT2D eigenvalue weighted by Crippen LogP contribution is 2.22. The number of hydrogen-bond donors (Lipinski definition) is 0. The quantitative estimate of drug-likeness (QED) is 0.742. The molecule has 1 aromatic heterocycles. The van der Waals surface area contributed by atoms with Crippen LogP contribution in [0.3, 0.4) is 0 Å². The van der Waals surface area contributed by atoms with Gasteiger partial charge in [-0.2, -0.15) is 0 Å². The molecule has 0 aliphatic carbocycles. The molecule has 1 rings (SSSR count). The number of rotatable bonds is 3. The summed E-state index contributed by atoms with van der Waals surface area (Å²) in [5, 5.41) is 0. The van der Waals surface area contributed by atoms with Crippen molar-refractivity contribution in [3.63, 3.8) is 0 Å². The van der Waals surface area contributed by atoms with Crippen molar-refractivity contribution in [1.29, 1.82) is 0 Å².